The number of nitriles is 1. The highest BCUT2D eigenvalue weighted by Gasteiger charge is 2.54. The third-order valence-electron chi connectivity index (χ3n) is 6.93. The molecule has 1 amide bonds. The quantitative estimate of drug-likeness (QED) is 0.284. The van der Waals surface area contributed by atoms with E-state index < -0.39 is 47.2 Å². The van der Waals surface area contributed by atoms with Crippen LogP contribution in [0.25, 0.3) is 10.6 Å². The van der Waals surface area contributed by atoms with E-state index in [1.54, 1.807) is 12.3 Å². The Bertz CT molecular complexity index is 1260. The number of benzene rings is 1. The van der Waals surface area contributed by atoms with E-state index in [4.69, 9.17) is 4.74 Å². The first-order valence-corrected chi connectivity index (χ1v) is 13.6. The predicted molar refractivity (Wildman–Crippen MR) is 136 cm³/mol. The molecule has 2 aliphatic rings. The van der Waals surface area contributed by atoms with Gasteiger partial charge in [0, 0.05) is 17.4 Å². The molecule has 0 spiro atoms. The van der Waals surface area contributed by atoms with Crippen molar-refractivity contribution >= 4 is 23.2 Å². The zero-order valence-corrected chi connectivity index (χ0v) is 22.6. The van der Waals surface area contributed by atoms with Gasteiger partial charge in [-0.3, -0.25) is 14.9 Å². The number of nitrogens with one attached hydrogen (secondary N) is 2. The molecule has 4 rings (SSSR count). The lowest BCUT2D eigenvalue weighted by Gasteiger charge is -2.30. The average molecular weight is 567 g/mol. The number of carbonyl (C=O) groups is 2. The molecular weight excluding hydrogens is 536 g/mol. The molecule has 1 aromatic carbocycles. The number of halogens is 4. The number of thiazole rings is 1. The van der Waals surface area contributed by atoms with Crippen molar-refractivity contribution in [2.45, 2.75) is 87.8 Å². The number of ether oxygens (including phenoxy) is 1. The second kappa shape index (κ2) is 10.5. The topological polar surface area (TPSA) is 104 Å². The zero-order chi connectivity index (χ0) is 28.6. The Kier molecular flexibility index (Phi) is 7.80. The maximum absolute atomic E-state index is 14.5. The van der Waals surface area contributed by atoms with Crippen LogP contribution in [-0.2, 0) is 19.7 Å². The van der Waals surface area contributed by atoms with Gasteiger partial charge >= 0.3 is 12.1 Å². The lowest BCUT2D eigenvalue weighted by atomic mass is 9.97. The van der Waals surface area contributed by atoms with Crippen LogP contribution in [0, 0.1) is 11.3 Å². The number of hydrogen-bond donors (Lipinski definition) is 2. The Morgan fingerprint density at radius 2 is 1.79 bits per heavy atom. The van der Waals surface area contributed by atoms with Crippen LogP contribution in [0.1, 0.15) is 70.2 Å². The summed E-state index contributed by atoms with van der Waals surface area (Å²) in [5, 5.41) is 16.4. The van der Waals surface area contributed by atoms with Crippen molar-refractivity contribution in [1.29, 1.82) is 5.26 Å². The Morgan fingerprint density at radius 3 is 2.28 bits per heavy atom. The molecule has 1 aromatic heterocycles. The third kappa shape index (κ3) is 6.58. The molecule has 0 unspecified atom stereocenters. The number of nitrogens with zero attached hydrogens (tertiary/aromatic N) is 2. The highest BCUT2D eigenvalue weighted by molar-refractivity contribution is 7.13. The molecule has 0 aliphatic heterocycles. The van der Waals surface area contributed by atoms with Gasteiger partial charge in [-0.05, 0) is 52.0 Å². The lowest BCUT2D eigenvalue weighted by Crippen LogP contribution is -2.53. The molecule has 0 bridgehead atoms. The largest absolute Gasteiger partial charge is 0.465 e. The van der Waals surface area contributed by atoms with Crippen molar-refractivity contribution in [2.24, 2.45) is 0 Å². The molecule has 2 aliphatic carbocycles. The minimum absolute atomic E-state index is 0.163. The zero-order valence-electron chi connectivity index (χ0n) is 21.8. The summed E-state index contributed by atoms with van der Waals surface area (Å²) in [4.78, 5) is 29.8. The highest BCUT2D eigenvalue weighted by Crippen LogP contribution is 2.50. The maximum Gasteiger partial charge on any atom is 0.407 e. The van der Waals surface area contributed by atoms with Gasteiger partial charge in [0.1, 0.15) is 27.7 Å². The van der Waals surface area contributed by atoms with Gasteiger partial charge in [-0.25, -0.2) is 9.37 Å². The normalized spacial score (nSPS) is 18.9. The van der Waals surface area contributed by atoms with Gasteiger partial charge in [0.05, 0.1) is 24.4 Å². The van der Waals surface area contributed by atoms with Gasteiger partial charge in [0.15, 0.2) is 0 Å². The average Bonchev–Trinajstić information content (AvgIpc) is 3.78. The van der Waals surface area contributed by atoms with Crippen molar-refractivity contribution in [1.82, 2.24) is 15.6 Å². The van der Waals surface area contributed by atoms with Crippen LogP contribution < -0.4 is 10.6 Å². The second-order valence-electron chi connectivity index (χ2n) is 10.8. The standard InChI is InChI=1S/C27H30F4N4O3S/c1-4-38-23(37)26(11-12-26)19-14-39-22(34-19)17-7-5-16(6-8-17)20(27(29,30)31)33-18(13-24(2,3)28)21(36)35-25(15-32)9-10-25/h5-8,14,18,20,33H,4,9-13H2,1-3H3,(H,35,36)/t18-,20-/m0/s1. The van der Waals surface area contributed by atoms with Crippen LogP contribution in [0.15, 0.2) is 29.6 Å². The molecule has 2 saturated carbocycles. The molecule has 2 fully saturated rings. The molecule has 0 saturated heterocycles. The minimum Gasteiger partial charge on any atom is -0.465 e. The number of amides is 1. The van der Waals surface area contributed by atoms with Crippen molar-refractivity contribution < 1.29 is 31.9 Å². The summed E-state index contributed by atoms with van der Waals surface area (Å²) < 4.78 is 62.2. The van der Waals surface area contributed by atoms with Crippen molar-refractivity contribution in [3.63, 3.8) is 0 Å². The van der Waals surface area contributed by atoms with Gasteiger partial charge in [-0.15, -0.1) is 11.3 Å². The number of carbonyl (C=O) groups excluding carboxylic acids is 2. The minimum atomic E-state index is -4.79. The summed E-state index contributed by atoms with van der Waals surface area (Å²) in [6, 6.07) is 3.73. The van der Waals surface area contributed by atoms with Crippen LogP contribution in [0.5, 0.6) is 0 Å². The van der Waals surface area contributed by atoms with Gasteiger partial charge in [0.2, 0.25) is 5.91 Å². The molecule has 2 N–H and O–H groups in total. The van der Waals surface area contributed by atoms with E-state index >= 15 is 0 Å². The smallest absolute Gasteiger partial charge is 0.407 e. The predicted octanol–water partition coefficient (Wildman–Crippen LogP) is 5.28. The first kappa shape index (κ1) is 29.0. The second-order valence-corrected chi connectivity index (χ2v) is 11.6. The fraction of sp³-hybridized carbons (Fsp3) is 0.556. The van der Waals surface area contributed by atoms with Crippen LogP contribution in [0.4, 0.5) is 17.6 Å². The molecule has 0 radical (unpaired) electrons. The van der Waals surface area contributed by atoms with E-state index in [1.807, 2.05) is 6.07 Å². The molecule has 39 heavy (non-hydrogen) atoms. The first-order chi connectivity index (χ1) is 18.2. The monoisotopic (exact) mass is 566 g/mol. The number of rotatable bonds is 11. The number of aromatic nitrogens is 1. The van der Waals surface area contributed by atoms with Gasteiger partial charge in [-0.1, -0.05) is 24.3 Å². The summed E-state index contributed by atoms with van der Waals surface area (Å²) in [5.74, 6) is -1.18. The van der Waals surface area contributed by atoms with Crippen LogP contribution in [-0.4, -0.2) is 46.9 Å². The molecular formula is C27H30F4N4O3S. The molecule has 2 aromatic rings. The third-order valence-corrected chi connectivity index (χ3v) is 7.82. The van der Waals surface area contributed by atoms with E-state index in [0.717, 1.165) is 0 Å². The maximum atomic E-state index is 14.5. The Morgan fingerprint density at radius 1 is 1.15 bits per heavy atom. The number of esters is 1. The Balaban J connectivity index is 1.55. The Hall–Kier alpha value is -3.04. The summed E-state index contributed by atoms with van der Waals surface area (Å²) in [6.07, 6.45) is -3.26. The molecule has 210 valence electrons. The van der Waals surface area contributed by atoms with Gasteiger partial charge in [-0.2, -0.15) is 18.4 Å². The highest BCUT2D eigenvalue weighted by atomic mass is 32.1. The van der Waals surface area contributed by atoms with Gasteiger partial charge < -0.3 is 10.1 Å². The summed E-state index contributed by atoms with van der Waals surface area (Å²) in [5.41, 5.74) is -2.80. The van der Waals surface area contributed by atoms with Gasteiger partial charge in [0.25, 0.3) is 0 Å². The lowest BCUT2D eigenvalue weighted by molar-refractivity contribution is -0.161. The fourth-order valence-corrected chi connectivity index (χ4v) is 5.33. The first-order valence-electron chi connectivity index (χ1n) is 12.7. The van der Waals surface area contributed by atoms with Crippen molar-refractivity contribution in [3.05, 3.63) is 40.9 Å². The summed E-state index contributed by atoms with van der Waals surface area (Å²) in [6.45, 7) is 4.35. The SMILES string of the molecule is CCOC(=O)C1(c2csc(-c3ccc([C@H](N[C@@H](CC(C)(C)F)C(=O)NC4(C#N)CC4)C(F)(F)F)cc3)n2)CC1. The molecule has 1 heterocycles. The summed E-state index contributed by atoms with van der Waals surface area (Å²) in [7, 11) is 0. The van der Waals surface area contributed by atoms with E-state index in [9.17, 15) is 32.4 Å². The Labute approximate surface area is 227 Å². The van der Waals surface area contributed by atoms with Crippen molar-refractivity contribution in [3.8, 4) is 16.6 Å². The van der Waals surface area contributed by atoms with Crippen LogP contribution in [0.3, 0.4) is 0 Å². The number of hydrogen-bond acceptors (Lipinski definition) is 7. The fourth-order valence-electron chi connectivity index (χ4n) is 4.41. The van der Waals surface area contributed by atoms with Crippen LogP contribution in [0.2, 0.25) is 0 Å². The molecule has 12 heteroatoms. The van der Waals surface area contributed by atoms with E-state index in [1.165, 1.54) is 49.4 Å². The van der Waals surface area contributed by atoms with Crippen LogP contribution >= 0.6 is 11.3 Å². The number of alkyl halides is 4. The van der Waals surface area contributed by atoms with Crippen molar-refractivity contribution in [2.75, 3.05) is 6.61 Å². The summed E-state index contributed by atoms with van der Waals surface area (Å²) >= 11 is 1.28. The van der Waals surface area contributed by atoms with E-state index in [-0.39, 0.29) is 18.1 Å². The molecule has 2 atom stereocenters. The molecule has 7 nitrogen and oxygen atoms in total. The van der Waals surface area contributed by atoms with E-state index in [0.29, 0.717) is 41.9 Å². The van der Waals surface area contributed by atoms with E-state index in [2.05, 4.69) is 15.6 Å².